The molecule has 1 amide bonds. The fraction of sp³-hybridized carbons (Fsp3) is 0.316. The van der Waals surface area contributed by atoms with E-state index in [9.17, 15) is 4.79 Å². The lowest BCUT2D eigenvalue weighted by atomic mass is 10.1. The highest BCUT2D eigenvalue weighted by Gasteiger charge is 2.29. The molecular weight excluding hydrogens is 314 g/mol. The first-order chi connectivity index (χ1) is 12.2. The first-order valence-electron chi connectivity index (χ1n) is 8.54. The first kappa shape index (κ1) is 15.6. The first-order valence-corrected chi connectivity index (χ1v) is 8.54. The Morgan fingerprint density at radius 3 is 2.72 bits per heavy atom. The van der Waals surface area contributed by atoms with Gasteiger partial charge in [0.1, 0.15) is 5.82 Å². The maximum absolute atomic E-state index is 12.6. The van der Waals surface area contributed by atoms with Crippen LogP contribution in [0.5, 0.6) is 0 Å². The lowest BCUT2D eigenvalue weighted by molar-refractivity contribution is -0.129. The highest BCUT2D eigenvalue weighted by Crippen LogP contribution is 2.26. The zero-order valence-corrected chi connectivity index (χ0v) is 14.2. The topological polar surface area (TPSA) is 56.0 Å². The Morgan fingerprint density at radius 2 is 2.04 bits per heavy atom. The summed E-state index contributed by atoms with van der Waals surface area (Å²) in [7, 11) is 2.01. The number of hydrogen-bond acceptors (Lipinski definition) is 3. The molecule has 1 unspecified atom stereocenters. The summed E-state index contributed by atoms with van der Waals surface area (Å²) in [5.41, 5.74) is 2.03. The standard InChI is InChI=1S/C19H21N5O/c1-22-12-9-20-19(22)16-7-11-23(14-16)18(25)13-15-3-5-17(6-4-15)24-10-2-8-21-24/h2-6,8-10,12,16H,7,11,13-14H2,1H3. The van der Waals surface area contributed by atoms with Crippen molar-refractivity contribution in [3.63, 3.8) is 0 Å². The number of amides is 1. The van der Waals surface area contributed by atoms with E-state index in [1.165, 1.54) is 0 Å². The van der Waals surface area contributed by atoms with Gasteiger partial charge in [-0.25, -0.2) is 9.67 Å². The van der Waals surface area contributed by atoms with Crippen molar-refractivity contribution in [1.82, 2.24) is 24.2 Å². The average Bonchev–Trinajstić information content (AvgIpc) is 3.37. The van der Waals surface area contributed by atoms with Gasteiger partial charge in [-0.15, -0.1) is 0 Å². The molecule has 3 heterocycles. The predicted octanol–water partition coefficient (Wildman–Crippen LogP) is 2.16. The SMILES string of the molecule is Cn1ccnc1C1CCN(C(=O)Cc2ccc(-n3cccn3)cc2)C1. The molecule has 1 aliphatic heterocycles. The summed E-state index contributed by atoms with van der Waals surface area (Å²) in [5, 5.41) is 4.21. The van der Waals surface area contributed by atoms with Gasteiger partial charge in [0.25, 0.3) is 0 Å². The molecule has 0 N–H and O–H groups in total. The summed E-state index contributed by atoms with van der Waals surface area (Å²) in [5.74, 6) is 1.59. The second-order valence-electron chi connectivity index (χ2n) is 6.52. The predicted molar refractivity (Wildman–Crippen MR) is 94.4 cm³/mol. The van der Waals surface area contributed by atoms with Crippen LogP contribution in [0.4, 0.5) is 0 Å². The van der Waals surface area contributed by atoms with E-state index in [-0.39, 0.29) is 5.91 Å². The summed E-state index contributed by atoms with van der Waals surface area (Å²) in [6, 6.07) is 9.89. The van der Waals surface area contributed by atoms with Crippen molar-refractivity contribution in [2.75, 3.05) is 13.1 Å². The third kappa shape index (κ3) is 3.20. The Kier molecular flexibility index (Phi) is 4.09. The molecule has 0 saturated carbocycles. The number of carbonyl (C=O) groups excluding carboxylic acids is 1. The lowest BCUT2D eigenvalue weighted by Crippen LogP contribution is -2.30. The van der Waals surface area contributed by atoms with Crippen molar-refractivity contribution in [2.24, 2.45) is 7.05 Å². The number of carbonyl (C=O) groups is 1. The van der Waals surface area contributed by atoms with E-state index in [1.54, 1.807) is 6.20 Å². The molecule has 1 aromatic carbocycles. The van der Waals surface area contributed by atoms with Gasteiger partial charge in [0.15, 0.2) is 0 Å². The van der Waals surface area contributed by atoms with E-state index >= 15 is 0 Å². The van der Waals surface area contributed by atoms with Gasteiger partial charge in [-0.1, -0.05) is 12.1 Å². The Balaban J connectivity index is 1.38. The second kappa shape index (κ2) is 6.55. The minimum absolute atomic E-state index is 0.184. The van der Waals surface area contributed by atoms with Crippen LogP contribution in [0.2, 0.25) is 0 Å². The normalized spacial score (nSPS) is 17.2. The Bertz CT molecular complexity index is 850. The molecule has 0 aliphatic carbocycles. The van der Waals surface area contributed by atoms with Crippen molar-refractivity contribution < 1.29 is 4.79 Å². The van der Waals surface area contributed by atoms with Crippen molar-refractivity contribution in [1.29, 1.82) is 0 Å². The summed E-state index contributed by atoms with van der Waals surface area (Å²) in [6.07, 6.45) is 8.86. The monoisotopic (exact) mass is 335 g/mol. The minimum Gasteiger partial charge on any atom is -0.342 e. The quantitative estimate of drug-likeness (QED) is 0.734. The Morgan fingerprint density at radius 1 is 1.20 bits per heavy atom. The number of benzene rings is 1. The lowest BCUT2D eigenvalue weighted by Gasteiger charge is -2.17. The van der Waals surface area contributed by atoms with E-state index < -0.39 is 0 Å². The zero-order chi connectivity index (χ0) is 17.2. The Hall–Kier alpha value is -2.89. The highest BCUT2D eigenvalue weighted by molar-refractivity contribution is 5.79. The largest absolute Gasteiger partial charge is 0.342 e. The number of aromatic nitrogens is 4. The maximum atomic E-state index is 12.6. The molecule has 1 fully saturated rings. The number of nitrogens with zero attached hydrogens (tertiary/aromatic N) is 5. The fourth-order valence-electron chi connectivity index (χ4n) is 3.44. The van der Waals surface area contributed by atoms with Crippen LogP contribution in [0.1, 0.15) is 23.7 Å². The molecule has 0 bridgehead atoms. The molecule has 1 saturated heterocycles. The van der Waals surface area contributed by atoms with E-state index in [0.29, 0.717) is 12.3 Å². The van der Waals surface area contributed by atoms with Crippen LogP contribution < -0.4 is 0 Å². The molecule has 4 rings (SSSR count). The summed E-state index contributed by atoms with van der Waals surface area (Å²) < 4.78 is 3.86. The number of imidazole rings is 1. The third-order valence-corrected chi connectivity index (χ3v) is 4.83. The average molecular weight is 335 g/mol. The molecule has 0 spiro atoms. The van der Waals surface area contributed by atoms with Gasteiger partial charge in [-0.05, 0) is 30.2 Å². The summed E-state index contributed by atoms with van der Waals surface area (Å²) >= 11 is 0. The van der Waals surface area contributed by atoms with Crippen molar-refractivity contribution >= 4 is 5.91 Å². The van der Waals surface area contributed by atoms with E-state index in [2.05, 4.69) is 10.1 Å². The second-order valence-corrected chi connectivity index (χ2v) is 6.52. The molecule has 25 heavy (non-hydrogen) atoms. The number of aryl methyl sites for hydroxylation is 1. The van der Waals surface area contributed by atoms with Crippen LogP contribution in [-0.2, 0) is 18.3 Å². The molecule has 128 valence electrons. The summed E-state index contributed by atoms with van der Waals surface area (Å²) in [6.45, 7) is 1.57. The Labute approximate surface area is 146 Å². The van der Waals surface area contributed by atoms with Gasteiger partial charge < -0.3 is 9.47 Å². The van der Waals surface area contributed by atoms with Crippen molar-refractivity contribution in [3.8, 4) is 5.69 Å². The number of hydrogen-bond donors (Lipinski definition) is 0. The molecule has 2 aromatic heterocycles. The molecule has 0 radical (unpaired) electrons. The highest BCUT2D eigenvalue weighted by atomic mass is 16.2. The van der Waals surface area contributed by atoms with Crippen LogP contribution in [-0.4, -0.2) is 43.2 Å². The van der Waals surface area contributed by atoms with E-state index in [4.69, 9.17) is 0 Å². The molecule has 1 aliphatic rings. The van der Waals surface area contributed by atoms with Crippen molar-refractivity contribution in [2.45, 2.75) is 18.8 Å². The minimum atomic E-state index is 0.184. The van der Waals surface area contributed by atoms with Crippen LogP contribution in [0.15, 0.2) is 55.1 Å². The van der Waals surface area contributed by atoms with Crippen LogP contribution in [0, 0.1) is 0 Å². The van der Waals surface area contributed by atoms with Gasteiger partial charge in [-0.2, -0.15) is 5.10 Å². The number of likely N-dealkylation sites (tertiary alicyclic amines) is 1. The molecule has 6 nitrogen and oxygen atoms in total. The fourth-order valence-corrected chi connectivity index (χ4v) is 3.44. The molecule has 3 aromatic rings. The van der Waals surface area contributed by atoms with Crippen LogP contribution in [0.3, 0.4) is 0 Å². The van der Waals surface area contributed by atoms with Crippen molar-refractivity contribution in [3.05, 3.63) is 66.5 Å². The zero-order valence-electron chi connectivity index (χ0n) is 14.2. The van der Waals surface area contributed by atoms with E-state index in [1.807, 2.05) is 70.1 Å². The third-order valence-electron chi connectivity index (χ3n) is 4.83. The van der Waals surface area contributed by atoms with Gasteiger partial charge in [0.2, 0.25) is 5.91 Å². The maximum Gasteiger partial charge on any atom is 0.227 e. The molecular formula is C19H21N5O. The van der Waals surface area contributed by atoms with Crippen LogP contribution >= 0.6 is 0 Å². The van der Waals surface area contributed by atoms with Gasteiger partial charge in [-0.3, -0.25) is 4.79 Å². The molecule has 6 heteroatoms. The smallest absolute Gasteiger partial charge is 0.227 e. The van der Waals surface area contributed by atoms with Crippen LogP contribution in [0.25, 0.3) is 5.69 Å². The van der Waals surface area contributed by atoms with Gasteiger partial charge in [0, 0.05) is 50.8 Å². The number of rotatable bonds is 4. The molecule has 1 atom stereocenters. The summed E-state index contributed by atoms with van der Waals surface area (Å²) in [4.78, 5) is 19.0. The van der Waals surface area contributed by atoms with Gasteiger partial charge in [0.05, 0.1) is 12.1 Å². The van der Waals surface area contributed by atoms with E-state index in [0.717, 1.165) is 36.6 Å². The van der Waals surface area contributed by atoms with Gasteiger partial charge >= 0.3 is 0 Å².